The molecule has 1 aromatic carbocycles. The van der Waals surface area contributed by atoms with E-state index in [4.69, 9.17) is 0 Å². The van der Waals surface area contributed by atoms with E-state index in [2.05, 4.69) is 11.9 Å². The minimum absolute atomic E-state index is 0.230. The van der Waals surface area contributed by atoms with Gasteiger partial charge in [0.05, 0.1) is 0 Å². The number of nitrogens with zero attached hydrogens (tertiary/aromatic N) is 1. The number of halogens is 1. The molecule has 0 saturated carbocycles. The Morgan fingerprint density at radius 3 is 3.10 bits per heavy atom. The third-order valence-corrected chi connectivity index (χ3v) is 4.03. The number of unbranched alkanes of at least 4 members (excludes halogenated alkanes) is 1. The zero-order chi connectivity index (χ0) is 14.1. The molecular weight excluding hydrogens is 255 g/mol. The third kappa shape index (κ3) is 2.30. The van der Waals surface area contributed by atoms with Crippen LogP contribution < -0.4 is 0 Å². The van der Waals surface area contributed by atoms with Crippen LogP contribution in [0.1, 0.15) is 37.4 Å². The summed E-state index contributed by atoms with van der Waals surface area (Å²) < 4.78 is 13.3. The van der Waals surface area contributed by atoms with Gasteiger partial charge in [0.1, 0.15) is 5.82 Å². The van der Waals surface area contributed by atoms with E-state index in [-0.39, 0.29) is 11.7 Å². The van der Waals surface area contributed by atoms with Crippen LogP contribution in [-0.2, 0) is 17.8 Å². The number of hydrogen-bond donors (Lipinski definition) is 1. The number of carbonyl (C=O) groups is 1. The Kier molecular flexibility index (Phi) is 3.47. The monoisotopic (exact) mass is 274 g/mol. The number of aromatic amines is 1. The highest BCUT2D eigenvalue weighted by Crippen LogP contribution is 2.28. The highest BCUT2D eigenvalue weighted by molar-refractivity contribution is 5.86. The van der Waals surface area contributed by atoms with Crippen LogP contribution in [0.3, 0.4) is 0 Å². The van der Waals surface area contributed by atoms with Gasteiger partial charge in [0, 0.05) is 48.1 Å². The molecule has 2 aromatic rings. The maximum atomic E-state index is 13.3. The lowest BCUT2D eigenvalue weighted by atomic mass is 10.0. The first-order valence-corrected chi connectivity index (χ1v) is 7.25. The second kappa shape index (κ2) is 5.27. The van der Waals surface area contributed by atoms with E-state index in [0.717, 1.165) is 48.0 Å². The number of fused-ring (bicyclic) bond motifs is 3. The van der Waals surface area contributed by atoms with Crippen molar-refractivity contribution in [2.45, 2.75) is 39.2 Å². The van der Waals surface area contributed by atoms with Crippen molar-refractivity contribution in [3.8, 4) is 0 Å². The average molecular weight is 274 g/mol. The second-order valence-electron chi connectivity index (χ2n) is 5.44. The summed E-state index contributed by atoms with van der Waals surface area (Å²) in [6, 6.07) is 4.81. The lowest BCUT2D eigenvalue weighted by Crippen LogP contribution is -2.35. The molecule has 0 unspecified atom stereocenters. The fraction of sp³-hybridized carbons (Fsp3) is 0.438. The quantitative estimate of drug-likeness (QED) is 0.915. The van der Waals surface area contributed by atoms with E-state index < -0.39 is 0 Å². The summed E-state index contributed by atoms with van der Waals surface area (Å²) in [6.07, 6.45) is 3.44. The van der Waals surface area contributed by atoms with Crippen LogP contribution in [0, 0.1) is 5.82 Å². The van der Waals surface area contributed by atoms with Crippen LogP contribution in [-0.4, -0.2) is 22.3 Å². The van der Waals surface area contributed by atoms with Crippen LogP contribution in [0.4, 0.5) is 4.39 Å². The van der Waals surface area contributed by atoms with E-state index in [1.807, 2.05) is 4.90 Å². The van der Waals surface area contributed by atoms with Crippen LogP contribution in [0.15, 0.2) is 18.2 Å². The molecule has 3 nitrogen and oxygen atoms in total. The summed E-state index contributed by atoms with van der Waals surface area (Å²) in [4.78, 5) is 17.3. The molecule has 3 rings (SSSR count). The maximum Gasteiger partial charge on any atom is 0.222 e. The molecular formula is C16H19FN2O. The van der Waals surface area contributed by atoms with E-state index >= 15 is 0 Å². The van der Waals surface area contributed by atoms with Gasteiger partial charge in [-0.2, -0.15) is 0 Å². The Balaban J connectivity index is 1.87. The summed E-state index contributed by atoms with van der Waals surface area (Å²) >= 11 is 0. The third-order valence-electron chi connectivity index (χ3n) is 4.03. The van der Waals surface area contributed by atoms with Crippen LogP contribution in [0.5, 0.6) is 0 Å². The molecule has 2 heterocycles. The van der Waals surface area contributed by atoms with Crippen LogP contribution in [0.25, 0.3) is 10.9 Å². The van der Waals surface area contributed by atoms with Crippen molar-refractivity contribution in [1.29, 1.82) is 0 Å². The Morgan fingerprint density at radius 2 is 2.30 bits per heavy atom. The van der Waals surface area contributed by atoms with Gasteiger partial charge in [0.25, 0.3) is 0 Å². The predicted molar refractivity (Wildman–Crippen MR) is 76.9 cm³/mol. The van der Waals surface area contributed by atoms with Gasteiger partial charge in [-0.05, 0) is 24.6 Å². The Bertz CT molecular complexity index is 647. The molecule has 0 fully saturated rings. The number of nitrogens with one attached hydrogen (secondary N) is 1. The van der Waals surface area contributed by atoms with Crippen LogP contribution >= 0.6 is 0 Å². The number of amides is 1. The number of rotatable bonds is 3. The summed E-state index contributed by atoms with van der Waals surface area (Å²) in [5.41, 5.74) is 3.12. The smallest absolute Gasteiger partial charge is 0.222 e. The standard InChI is InChI=1S/C16H19FN2O/c1-2-3-4-16(20)19-8-7-14-13(10-19)12-6-5-11(17)9-15(12)18-14/h5-6,9,18H,2-4,7-8,10H2,1H3. The predicted octanol–water partition coefficient (Wildman–Crippen LogP) is 3.38. The van der Waals surface area contributed by atoms with Crippen molar-refractivity contribution in [3.05, 3.63) is 35.3 Å². The topological polar surface area (TPSA) is 36.1 Å². The fourth-order valence-electron chi connectivity index (χ4n) is 2.89. The van der Waals surface area contributed by atoms with Crippen molar-refractivity contribution >= 4 is 16.8 Å². The molecule has 0 aliphatic carbocycles. The summed E-state index contributed by atoms with van der Waals surface area (Å²) in [7, 11) is 0. The maximum absolute atomic E-state index is 13.3. The van der Waals surface area contributed by atoms with Crippen molar-refractivity contribution in [3.63, 3.8) is 0 Å². The Hall–Kier alpha value is -1.84. The second-order valence-corrected chi connectivity index (χ2v) is 5.44. The highest BCUT2D eigenvalue weighted by Gasteiger charge is 2.23. The molecule has 0 saturated heterocycles. The minimum atomic E-state index is -0.230. The molecule has 0 atom stereocenters. The van der Waals surface area contributed by atoms with E-state index in [9.17, 15) is 9.18 Å². The molecule has 1 aromatic heterocycles. The largest absolute Gasteiger partial charge is 0.358 e. The van der Waals surface area contributed by atoms with Gasteiger partial charge in [0.15, 0.2) is 0 Å². The SMILES string of the molecule is CCCCC(=O)N1CCc2[nH]c3cc(F)ccc3c2C1. The van der Waals surface area contributed by atoms with Gasteiger partial charge in [-0.1, -0.05) is 13.3 Å². The molecule has 0 bridgehead atoms. The zero-order valence-electron chi connectivity index (χ0n) is 11.7. The van der Waals surface area contributed by atoms with Gasteiger partial charge in [0.2, 0.25) is 5.91 Å². The lowest BCUT2D eigenvalue weighted by molar-refractivity contribution is -0.132. The molecule has 1 aliphatic rings. The Labute approximate surface area is 117 Å². The van der Waals surface area contributed by atoms with E-state index in [1.54, 1.807) is 6.07 Å². The molecule has 4 heteroatoms. The van der Waals surface area contributed by atoms with Crippen molar-refractivity contribution < 1.29 is 9.18 Å². The van der Waals surface area contributed by atoms with Gasteiger partial charge < -0.3 is 9.88 Å². The first-order chi connectivity index (χ1) is 9.69. The van der Waals surface area contributed by atoms with Crippen LogP contribution in [0.2, 0.25) is 0 Å². The van der Waals surface area contributed by atoms with Crippen molar-refractivity contribution in [1.82, 2.24) is 9.88 Å². The summed E-state index contributed by atoms with van der Waals surface area (Å²) in [5.74, 6) is 0.000868. The van der Waals surface area contributed by atoms with E-state index in [0.29, 0.717) is 13.0 Å². The normalized spacial score (nSPS) is 14.6. The highest BCUT2D eigenvalue weighted by atomic mass is 19.1. The van der Waals surface area contributed by atoms with Crippen molar-refractivity contribution in [2.75, 3.05) is 6.54 Å². The van der Waals surface area contributed by atoms with Crippen molar-refractivity contribution in [2.24, 2.45) is 0 Å². The molecule has 0 spiro atoms. The lowest BCUT2D eigenvalue weighted by Gasteiger charge is -2.27. The molecule has 106 valence electrons. The fourth-order valence-corrected chi connectivity index (χ4v) is 2.89. The number of hydrogen-bond acceptors (Lipinski definition) is 1. The van der Waals surface area contributed by atoms with E-state index in [1.165, 1.54) is 12.1 Å². The average Bonchev–Trinajstić information content (AvgIpc) is 2.81. The zero-order valence-corrected chi connectivity index (χ0v) is 11.7. The number of benzene rings is 1. The molecule has 1 aliphatic heterocycles. The molecule has 1 N–H and O–H groups in total. The molecule has 0 radical (unpaired) electrons. The molecule has 20 heavy (non-hydrogen) atoms. The molecule has 1 amide bonds. The number of carbonyl (C=O) groups excluding carboxylic acids is 1. The first kappa shape index (κ1) is 13.2. The summed E-state index contributed by atoms with van der Waals surface area (Å²) in [6.45, 7) is 3.49. The van der Waals surface area contributed by atoms with Gasteiger partial charge in [-0.15, -0.1) is 0 Å². The van der Waals surface area contributed by atoms with Gasteiger partial charge in [-0.25, -0.2) is 4.39 Å². The summed E-state index contributed by atoms with van der Waals surface area (Å²) in [5, 5.41) is 1.04. The number of aromatic nitrogens is 1. The van der Waals surface area contributed by atoms with Gasteiger partial charge in [-0.3, -0.25) is 4.79 Å². The Morgan fingerprint density at radius 1 is 1.45 bits per heavy atom. The van der Waals surface area contributed by atoms with Gasteiger partial charge >= 0.3 is 0 Å². The minimum Gasteiger partial charge on any atom is -0.358 e. The first-order valence-electron chi connectivity index (χ1n) is 7.25. The number of H-pyrrole nitrogens is 1.